The molecule has 0 aromatic heterocycles. The van der Waals surface area contributed by atoms with Crippen LogP contribution in [0.2, 0.25) is 0 Å². The Hall–Kier alpha value is -0.330. The number of phenols is 1. The van der Waals surface area contributed by atoms with Gasteiger partial charge in [0.15, 0.2) is 0 Å². The van der Waals surface area contributed by atoms with Crippen LogP contribution in [0.15, 0.2) is 29.2 Å². The van der Waals surface area contributed by atoms with Crippen molar-refractivity contribution in [1.82, 2.24) is 0 Å². The average molecular weight is 282 g/mol. The van der Waals surface area contributed by atoms with Gasteiger partial charge in [-0.2, -0.15) is 8.42 Å². The number of hydrogen-bond donors (Lipinski definition) is 2. The molecule has 0 fully saturated rings. The maximum atomic E-state index is 10.4. The molecule has 1 aromatic carbocycles. The maximum Gasteiger partial charge on any atom is 0.294 e. The summed E-state index contributed by atoms with van der Waals surface area (Å²) in [5, 5.41) is 8.80. The van der Waals surface area contributed by atoms with Crippen LogP contribution in [0.4, 0.5) is 0 Å². The van der Waals surface area contributed by atoms with Crippen LogP contribution in [-0.2, 0) is 32.5 Å². The molecule has 1 aromatic rings. The van der Waals surface area contributed by atoms with Gasteiger partial charge in [0.25, 0.3) is 10.1 Å². The molecule has 0 aliphatic carbocycles. The van der Waals surface area contributed by atoms with E-state index in [0.717, 1.165) is 6.07 Å². The predicted octanol–water partition coefficient (Wildman–Crippen LogP) is 0.636. The fourth-order valence-electron chi connectivity index (χ4n) is 0.644. The van der Waals surface area contributed by atoms with E-state index in [4.69, 9.17) is 9.66 Å². The Labute approximate surface area is 85.5 Å². The molecule has 0 unspecified atom stereocenters. The molecule has 0 heterocycles. The van der Waals surface area contributed by atoms with E-state index in [0.29, 0.717) is 0 Å². The van der Waals surface area contributed by atoms with Crippen LogP contribution in [0.1, 0.15) is 0 Å². The zero-order valence-corrected chi connectivity index (χ0v) is 8.03. The van der Waals surface area contributed by atoms with Crippen molar-refractivity contribution in [2.45, 2.75) is 4.90 Å². The number of phenolic OH excluding ortho intramolecular Hbond substituents is 1. The van der Waals surface area contributed by atoms with E-state index in [-0.39, 0.29) is 33.0 Å². The molecule has 4 nitrogen and oxygen atoms in total. The van der Waals surface area contributed by atoms with Crippen molar-refractivity contribution in [1.29, 1.82) is 0 Å². The SMILES string of the molecule is O=S(=O)(O)c1cccc(O)c1.[Ag]. The summed E-state index contributed by atoms with van der Waals surface area (Å²) in [6.45, 7) is 0. The zero-order chi connectivity index (χ0) is 8.48. The molecule has 71 valence electrons. The second-order valence-corrected chi connectivity index (χ2v) is 3.39. The third-order valence-corrected chi connectivity index (χ3v) is 1.97. The molecule has 0 spiro atoms. The molecular weight excluding hydrogens is 276 g/mol. The van der Waals surface area contributed by atoms with Gasteiger partial charge in [0.05, 0.1) is 4.90 Å². The van der Waals surface area contributed by atoms with Crippen LogP contribution in [0.5, 0.6) is 5.75 Å². The molecule has 12 heavy (non-hydrogen) atoms. The molecule has 0 saturated carbocycles. The largest absolute Gasteiger partial charge is 0.508 e. The number of benzene rings is 1. The molecule has 0 saturated heterocycles. The van der Waals surface area contributed by atoms with Crippen LogP contribution in [0.3, 0.4) is 0 Å². The number of rotatable bonds is 1. The Morgan fingerprint density at radius 3 is 2.17 bits per heavy atom. The van der Waals surface area contributed by atoms with Crippen LogP contribution in [0, 0.1) is 0 Å². The molecule has 0 bridgehead atoms. The molecule has 0 aliphatic heterocycles. The van der Waals surface area contributed by atoms with Gasteiger partial charge in [0.1, 0.15) is 5.75 Å². The van der Waals surface area contributed by atoms with Gasteiger partial charge < -0.3 is 5.11 Å². The van der Waals surface area contributed by atoms with E-state index in [1.54, 1.807) is 0 Å². The molecule has 0 aliphatic rings. The van der Waals surface area contributed by atoms with Crippen molar-refractivity contribution in [3.05, 3.63) is 24.3 Å². The Bertz CT molecular complexity index is 360. The Balaban J connectivity index is 0.00000121. The van der Waals surface area contributed by atoms with E-state index in [1.807, 2.05) is 0 Å². The van der Waals surface area contributed by atoms with Gasteiger partial charge in [-0.25, -0.2) is 0 Å². The topological polar surface area (TPSA) is 74.6 Å². The van der Waals surface area contributed by atoms with Crippen LogP contribution in [-0.4, -0.2) is 18.1 Å². The van der Waals surface area contributed by atoms with E-state index in [9.17, 15) is 8.42 Å². The summed E-state index contributed by atoms with van der Waals surface area (Å²) in [7, 11) is -4.19. The minimum atomic E-state index is -4.19. The molecule has 1 radical (unpaired) electrons. The third-order valence-electron chi connectivity index (χ3n) is 1.12. The van der Waals surface area contributed by atoms with Gasteiger partial charge in [-0.15, -0.1) is 0 Å². The van der Waals surface area contributed by atoms with Crippen molar-refractivity contribution in [2.75, 3.05) is 0 Å². The van der Waals surface area contributed by atoms with Crippen LogP contribution >= 0.6 is 0 Å². The first-order valence-corrected chi connectivity index (χ1v) is 4.21. The minimum Gasteiger partial charge on any atom is -0.508 e. The van der Waals surface area contributed by atoms with Gasteiger partial charge in [-0.05, 0) is 12.1 Å². The Kier molecular flexibility index (Phi) is 3.95. The average Bonchev–Trinajstić information content (AvgIpc) is 1.86. The van der Waals surface area contributed by atoms with Gasteiger partial charge in [0, 0.05) is 28.4 Å². The van der Waals surface area contributed by atoms with Crippen molar-refractivity contribution in [3.8, 4) is 5.75 Å². The molecule has 6 heteroatoms. The summed E-state index contributed by atoms with van der Waals surface area (Å²) in [4.78, 5) is -0.308. The standard InChI is InChI=1S/C6H6O4S.Ag/c7-5-2-1-3-6(4-5)11(8,9)10;/h1-4,7H,(H,8,9,10);. The summed E-state index contributed by atoms with van der Waals surface area (Å²) < 4.78 is 29.3. The van der Waals surface area contributed by atoms with E-state index < -0.39 is 10.1 Å². The Morgan fingerprint density at radius 1 is 1.25 bits per heavy atom. The summed E-state index contributed by atoms with van der Waals surface area (Å²) in [5.41, 5.74) is 0. The predicted molar refractivity (Wildman–Crippen MR) is 37.9 cm³/mol. The molecule has 0 amide bonds. The van der Waals surface area contributed by atoms with E-state index in [1.165, 1.54) is 18.2 Å². The van der Waals surface area contributed by atoms with E-state index in [2.05, 4.69) is 0 Å². The van der Waals surface area contributed by atoms with E-state index >= 15 is 0 Å². The van der Waals surface area contributed by atoms with Crippen molar-refractivity contribution in [3.63, 3.8) is 0 Å². The Morgan fingerprint density at radius 2 is 1.83 bits per heavy atom. The maximum absolute atomic E-state index is 10.4. The quantitative estimate of drug-likeness (QED) is 0.585. The summed E-state index contributed by atoms with van der Waals surface area (Å²) >= 11 is 0. The monoisotopic (exact) mass is 281 g/mol. The molecular formula is C6H6AgO4S. The first kappa shape index (κ1) is 11.7. The first-order chi connectivity index (χ1) is 5.00. The minimum absolute atomic E-state index is 0. The van der Waals surface area contributed by atoms with Gasteiger partial charge in [-0.3, -0.25) is 4.55 Å². The normalized spacial score (nSPS) is 10.4. The third kappa shape index (κ3) is 2.96. The molecule has 0 atom stereocenters. The van der Waals surface area contributed by atoms with Gasteiger partial charge in [0.2, 0.25) is 0 Å². The molecule has 2 N–H and O–H groups in total. The van der Waals surface area contributed by atoms with Crippen LogP contribution in [0.25, 0.3) is 0 Å². The smallest absolute Gasteiger partial charge is 0.294 e. The molecule has 1 rings (SSSR count). The second kappa shape index (κ2) is 4.06. The van der Waals surface area contributed by atoms with Gasteiger partial charge >= 0.3 is 0 Å². The second-order valence-electron chi connectivity index (χ2n) is 1.97. The van der Waals surface area contributed by atoms with Crippen molar-refractivity contribution < 1.29 is 40.5 Å². The zero-order valence-electron chi connectivity index (χ0n) is 5.73. The van der Waals surface area contributed by atoms with Crippen LogP contribution < -0.4 is 0 Å². The summed E-state index contributed by atoms with van der Waals surface area (Å²) in [6, 6.07) is 4.80. The fraction of sp³-hybridized carbons (Fsp3) is 0. The fourth-order valence-corrected chi connectivity index (χ4v) is 1.16. The number of aromatic hydroxyl groups is 1. The van der Waals surface area contributed by atoms with Gasteiger partial charge in [-0.1, -0.05) is 6.07 Å². The number of hydrogen-bond acceptors (Lipinski definition) is 3. The summed E-state index contributed by atoms with van der Waals surface area (Å²) in [5.74, 6) is -0.194. The van der Waals surface area contributed by atoms with Crippen molar-refractivity contribution in [2.24, 2.45) is 0 Å². The first-order valence-electron chi connectivity index (χ1n) is 2.77. The summed E-state index contributed by atoms with van der Waals surface area (Å²) in [6.07, 6.45) is 0. The van der Waals surface area contributed by atoms with Crippen molar-refractivity contribution >= 4 is 10.1 Å².